The molecule has 0 saturated carbocycles. The summed E-state index contributed by atoms with van der Waals surface area (Å²) < 4.78 is 5.07. The molecule has 6 heteroatoms. The van der Waals surface area contributed by atoms with Gasteiger partial charge < -0.3 is 4.74 Å². The number of carbonyl (C=O) groups excluding carboxylic acids is 1. The molecular formula is C13H13NO4S. The second-order valence-electron chi connectivity index (χ2n) is 3.50. The maximum Gasteiger partial charge on any atom is 0.288 e. The van der Waals surface area contributed by atoms with Crippen LogP contribution in [0.2, 0.25) is 0 Å². The molecule has 0 bridgehead atoms. The highest BCUT2D eigenvalue weighted by Crippen LogP contribution is 2.26. The molecule has 19 heavy (non-hydrogen) atoms. The van der Waals surface area contributed by atoms with Crippen LogP contribution in [0.4, 0.5) is 5.69 Å². The molecule has 100 valence electrons. The van der Waals surface area contributed by atoms with Crippen LogP contribution in [0.25, 0.3) is 0 Å². The van der Waals surface area contributed by atoms with Crippen molar-refractivity contribution in [1.29, 1.82) is 0 Å². The number of nitro benzene ring substituents is 1. The molecular weight excluding hydrogens is 266 g/mol. The monoisotopic (exact) mass is 279 g/mol. The number of rotatable bonds is 4. The third kappa shape index (κ3) is 4.64. The first-order chi connectivity index (χ1) is 9.06. The minimum atomic E-state index is -0.489. The standard InChI is InChI=1S/C13H13NO4S/c1-10(15)19-9-4-3-6-11-12(14(16)17)7-5-8-13(11)18-2/h5,7-8H,4,9H2,1-2H3. The Morgan fingerprint density at radius 2 is 2.26 bits per heavy atom. The predicted molar refractivity (Wildman–Crippen MR) is 74.3 cm³/mol. The van der Waals surface area contributed by atoms with Crippen LogP contribution in [-0.2, 0) is 4.79 Å². The summed E-state index contributed by atoms with van der Waals surface area (Å²) >= 11 is 1.18. The first-order valence-electron chi connectivity index (χ1n) is 5.50. The van der Waals surface area contributed by atoms with Gasteiger partial charge in [0.05, 0.1) is 12.0 Å². The number of benzene rings is 1. The molecule has 0 heterocycles. The highest BCUT2D eigenvalue weighted by molar-refractivity contribution is 8.13. The summed E-state index contributed by atoms with van der Waals surface area (Å²) in [6.45, 7) is 1.49. The Balaban J connectivity index is 2.89. The largest absolute Gasteiger partial charge is 0.495 e. The van der Waals surface area contributed by atoms with Crippen molar-refractivity contribution in [3.63, 3.8) is 0 Å². The Morgan fingerprint density at radius 3 is 2.84 bits per heavy atom. The van der Waals surface area contributed by atoms with E-state index in [2.05, 4.69) is 11.8 Å². The van der Waals surface area contributed by atoms with Crippen molar-refractivity contribution in [2.45, 2.75) is 13.3 Å². The molecule has 5 nitrogen and oxygen atoms in total. The Morgan fingerprint density at radius 1 is 1.53 bits per heavy atom. The van der Waals surface area contributed by atoms with E-state index in [0.717, 1.165) is 0 Å². The summed E-state index contributed by atoms with van der Waals surface area (Å²) in [6.07, 6.45) is 0.486. The molecule has 1 rings (SSSR count). The van der Waals surface area contributed by atoms with Gasteiger partial charge in [-0.2, -0.15) is 0 Å². The van der Waals surface area contributed by atoms with Crippen molar-refractivity contribution in [1.82, 2.24) is 0 Å². The normalized spacial score (nSPS) is 9.37. The van der Waals surface area contributed by atoms with E-state index < -0.39 is 4.92 Å². The zero-order valence-electron chi connectivity index (χ0n) is 10.6. The minimum absolute atomic E-state index is 0.0325. The summed E-state index contributed by atoms with van der Waals surface area (Å²) in [5, 5.41) is 10.9. The molecule has 0 aliphatic rings. The third-order valence-electron chi connectivity index (χ3n) is 2.17. The van der Waals surface area contributed by atoms with Crippen LogP contribution in [0, 0.1) is 22.0 Å². The molecule has 0 aliphatic carbocycles. The van der Waals surface area contributed by atoms with Crippen molar-refractivity contribution >= 4 is 22.6 Å². The van der Waals surface area contributed by atoms with Crippen LogP contribution >= 0.6 is 11.8 Å². The first-order valence-corrected chi connectivity index (χ1v) is 6.48. The van der Waals surface area contributed by atoms with E-state index in [0.29, 0.717) is 17.9 Å². The van der Waals surface area contributed by atoms with Crippen molar-refractivity contribution in [2.75, 3.05) is 12.9 Å². The molecule has 0 fully saturated rings. The third-order valence-corrected chi connectivity index (χ3v) is 2.98. The van der Waals surface area contributed by atoms with E-state index in [4.69, 9.17) is 4.74 Å². The van der Waals surface area contributed by atoms with Crippen molar-refractivity contribution in [3.8, 4) is 17.6 Å². The van der Waals surface area contributed by atoms with Gasteiger partial charge in [0.15, 0.2) is 5.12 Å². The quantitative estimate of drug-likeness (QED) is 0.367. The topological polar surface area (TPSA) is 69.4 Å². The van der Waals surface area contributed by atoms with Gasteiger partial charge in [0.1, 0.15) is 11.3 Å². The molecule has 1 aromatic carbocycles. The Labute approximate surface area is 115 Å². The highest BCUT2D eigenvalue weighted by Gasteiger charge is 2.15. The molecule has 0 N–H and O–H groups in total. The van der Waals surface area contributed by atoms with E-state index in [-0.39, 0.29) is 16.4 Å². The van der Waals surface area contributed by atoms with Crippen molar-refractivity contribution in [3.05, 3.63) is 33.9 Å². The second kappa shape index (κ2) is 7.44. The number of nitrogens with zero attached hydrogens (tertiary/aromatic N) is 1. The molecule has 0 aliphatic heterocycles. The zero-order chi connectivity index (χ0) is 14.3. The van der Waals surface area contributed by atoms with E-state index in [1.54, 1.807) is 12.1 Å². The minimum Gasteiger partial charge on any atom is -0.495 e. The van der Waals surface area contributed by atoms with Gasteiger partial charge in [-0.25, -0.2) is 0 Å². The van der Waals surface area contributed by atoms with Crippen LogP contribution < -0.4 is 4.74 Å². The lowest BCUT2D eigenvalue weighted by molar-refractivity contribution is -0.385. The summed E-state index contributed by atoms with van der Waals surface area (Å²) in [7, 11) is 1.44. The fraction of sp³-hybridized carbons (Fsp3) is 0.308. The second-order valence-corrected chi connectivity index (χ2v) is 4.78. The van der Waals surface area contributed by atoms with Gasteiger partial charge in [-0.15, -0.1) is 0 Å². The van der Waals surface area contributed by atoms with E-state index in [1.165, 1.54) is 31.9 Å². The maximum atomic E-state index is 10.9. The molecule has 0 saturated heterocycles. The van der Waals surface area contributed by atoms with E-state index >= 15 is 0 Å². The predicted octanol–water partition coefficient (Wildman–Crippen LogP) is 2.62. The smallest absolute Gasteiger partial charge is 0.288 e. The lowest BCUT2D eigenvalue weighted by atomic mass is 10.1. The zero-order valence-corrected chi connectivity index (χ0v) is 11.5. The summed E-state index contributed by atoms with van der Waals surface area (Å²) in [6, 6.07) is 4.56. The number of thioether (sulfide) groups is 1. The van der Waals surface area contributed by atoms with E-state index in [1.807, 2.05) is 0 Å². The van der Waals surface area contributed by atoms with Crippen LogP contribution in [-0.4, -0.2) is 22.9 Å². The van der Waals surface area contributed by atoms with Gasteiger partial charge in [0.2, 0.25) is 0 Å². The first kappa shape index (κ1) is 15.1. The number of nitro groups is 1. The molecule has 0 spiro atoms. The average molecular weight is 279 g/mol. The van der Waals surface area contributed by atoms with Gasteiger partial charge in [-0.05, 0) is 6.07 Å². The van der Waals surface area contributed by atoms with Crippen LogP contribution in [0.1, 0.15) is 18.9 Å². The van der Waals surface area contributed by atoms with Gasteiger partial charge >= 0.3 is 0 Å². The van der Waals surface area contributed by atoms with Gasteiger partial charge in [0.25, 0.3) is 5.69 Å². The Hall–Kier alpha value is -2.00. The van der Waals surface area contributed by atoms with Crippen LogP contribution in [0.15, 0.2) is 18.2 Å². The van der Waals surface area contributed by atoms with Crippen molar-refractivity contribution < 1.29 is 14.5 Å². The molecule has 0 atom stereocenters. The maximum absolute atomic E-state index is 10.9. The van der Waals surface area contributed by atoms with Crippen LogP contribution in [0.3, 0.4) is 0 Å². The molecule has 0 unspecified atom stereocenters. The summed E-state index contributed by atoms with van der Waals surface area (Å²) in [5.41, 5.74) is 0.189. The van der Waals surface area contributed by atoms with Gasteiger partial charge in [-0.3, -0.25) is 14.9 Å². The average Bonchev–Trinajstić information content (AvgIpc) is 2.37. The number of carbonyl (C=O) groups is 1. The lowest BCUT2D eigenvalue weighted by Crippen LogP contribution is -1.95. The van der Waals surface area contributed by atoms with Gasteiger partial charge in [0, 0.05) is 25.2 Å². The molecule has 1 aromatic rings. The molecule has 0 radical (unpaired) electrons. The fourth-order valence-electron chi connectivity index (χ4n) is 1.36. The number of hydrogen-bond donors (Lipinski definition) is 0. The Kier molecular flexibility index (Phi) is 5.90. The lowest BCUT2D eigenvalue weighted by Gasteiger charge is -2.02. The summed E-state index contributed by atoms with van der Waals surface area (Å²) in [4.78, 5) is 21.1. The molecule has 0 amide bonds. The number of ether oxygens (including phenoxy) is 1. The van der Waals surface area contributed by atoms with Gasteiger partial charge in [-0.1, -0.05) is 29.7 Å². The highest BCUT2D eigenvalue weighted by atomic mass is 32.2. The van der Waals surface area contributed by atoms with Crippen LogP contribution in [0.5, 0.6) is 5.75 Å². The van der Waals surface area contributed by atoms with E-state index in [9.17, 15) is 14.9 Å². The Bertz CT molecular complexity index is 545. The fourth-order valence-corrected chi connectivity index (χ4v) is 1.86. The number of methoxy groups -OCH3 is 1. The van der Waals surface area contributed by atoms with Crippen molar-refractivity contribution in [2.24, 2.45) is 0 Å². The summed E-state index contributed by atoms with van der Waals surface area (Å²) in [5.74, 6) is 6.52. The SMILES string of the molecule is COc1cccc([N+](=O)[O-])c1C#CCCSC(C)=O. The molecule has 0 aromatic heterocycles. The number of hydrogen-bond acceptors (Lipinski definition) is 5.